The van der Waals surface area contributed by atoms with Crippen LogP contribution in [0.25, 0.3) is 10.8 Å². The molecule has 2 aromatic carbocycles. The van der Waals surface area contributed by atoms with Gasteiger partial charge in [-0.1, -0.05) is 37.3 Å². The summed E-state index contributed by atoms with van der Waals surface area (Å²) in [5, 5.41) is 10.8. The van der Waals surface area contributed by atoms with E-state index in [0.29, 0.717) is 17.4 Å². The minimum Gasteiger partial charge on any atom is -0.478 e. The molecule has 0 amide bonds. The van der Waals surface area contributed by atoms with Crippen molar-refractivity contribution in [3.8, 4) is 0 Å². The molecule has 0 radical (unpaired) electrons. The number of carbonyl (C=O) groups is 1. The minimum atomic E-state index is -3.92. The van der Waals surface area contributed by atoms with Crippen molar-refractivity contribution in [3.05, 3.63) is 47.5 Å². The summed E-state index contributed by atoms with van der Waals surface area (Å²) in [4.78, 5) is 21.5. The lowest BCUT2D eigenvalue weighted by Crippen LogP contribution is -2.08. The summed E-state index contributed by atoms with van der Waals surface area (Å²) in [5.41, 5.74) is 0.362. The normalized spacial score (nSPS) is 15.4. The van der Waals surface area contributed by atoms with E-state index >= 15 is 0 Å². The van der Waals surface area contributed by atoms with E-state index in [0.717, 1.165) is 5.39 Å². The van der Waals surface area contributed by atoms with Crippen LogP contribution in [0.2, 0.25) is 0 Å². The number of aromatic carboxylic acids is 1. The molecule has 22 heavy (non-hydrogen) atoms. The molecule has 2 unspecified atom stereocenters. The summed E-state index contributed by atoms with van der Waals surface area (Å²) in [6.07, 6.45) is -0.0780. The number of hydrogen-bond donors (Lipinski definition) is 2. The third-order valence-electron chi connectivity index (χ3n) is 3.55. The first-order valence-corrected chi connectivity index (χ1v) is 8.84. The molecule has 5 nitrogen and oxygen atoms in total. The predicted molar refractivity (Wildman–Crippen MR) is 85.3 cm³/mol. The fourth-order valence-electron chi connectivity index (χ4n) is 2.30. The van der Waals surface area contributed by atoms with Crippen LogP contribution >= 0.6 is 7.60 Å². The molecule has 0 bridgehead atoms. The second-order valence-corrected chi connectivity index (χ2v) is 7.04. The monoisotopic (exact) mass is 322 g/mol. The van der Waals surface area contributed by atoms with Gasteiger partial charge in [0.15, 0.2) is 0 Å². The Morgan fingerprint density at radius 3 is 2.59 bits per heavy atom. The molecule has 6 heteroatoms. The lowest BCUT2D eigenvalue weighted by atomic mass is 10.0. The quantitative estimate of drug-likeness (QED) is 0.784. The standard InChI is InChI=1S/C16H19O5P/c1-3-11(2)21-22(19,20)10-15-13-7-5-4-6-12(13)8-9-14(15)16(17)18/h4-9,11H,3,10H2,1-2H3,(H,17,18)(H,19,20). The zero-order chi connectivity index (χ0) is 16.3. The Balaban J connectivity index is 2.50. The van der Waals surface area contributed by atoms with Crippen molar-refractivity contribution in [2.24, 2.45) is 0 Å². The van der Waals surface area contributed by atoms with Crippen molar-refractivity contribution in [2.75, 3.05) is 0 Å². The van der Waals surface area contributed by atoms with Gasteiger partial charge in [-0.05, 0) is 35.7 Å². The van der Waals surface area contributed by atoms with Crippen molar-refractivity contribution in [3.63, 3.8) is 0 Å². The first kappa shape index (κ1) is 16.7. The summed E-state index contributed by atoms with van der Waals surface area (Å²) in [6.45, 7) is 3.56. The van der Waals surface area contributed by atoms with E-state index in [9.17, 15) is 19.4 Å². The Labute approximate surface area is 129 Å². The van der Waals surface area contributed by atoms with Gasteiger partial charge in [-0.25, -0.2) is 4.79 Å². The Morgan fingerprint density at radius 1 is 1.27 bits per heavy atom. The smallest absolute Gasteiger partial charge is 0.336 e. The van der Waals surface area contributed by atoms with Gasteiger partial charge in [-0.2, -0.15) is 0 Å². The molecular formula is C16H19O5P. The highest BCUT2D eigenvalue weighted by Gasteiger charge is 2.26. The zero-order valence-corrected chi connectivity index (χ0v) is 13.4. The lowest BCUT2D eigenvalue weighted by Gasteiger charge is -2.18. The van der Waals surface area contributed by atoms with Gasteiger partial charge in [0, 0.05) is 0 Å². The molecule has 0 aliphatic heterocycles. The Kier molecular flexibility index (Phi) is 5.01. The number of benzene rings is 2. The summed E-state index contributed by atoms with van der Waals surface area (Å²) in [6, 6.07) is 10.3. The fourth-order valence-corrected chi connectivity index (χ4v) is 3.83. The van der Waals surface area contributed by atoms with Gasteiger partial charge >= 0.3 is 13.6 Å². The SMILES string of the molecule is CCC(C)OP(=O)(O)Cc1c(C(=O)O)ccc2ccccc12. The number of carboxylic acids is 1. The van der Waals surface area contributed by atoms with Gasteiger partial charge in [0.25, 0.3) is 0 Å². The zero-order valence-electron chi connectivity index (χ0n) is 12.5. The van der Waals surface area contributed by atoms with Crippen molar-refractivity contribution in [1.29, 1.82) is 0 Å². The second-order valence-electron chi connectivity index (χ2n) is 5.24. The number of rotatable bonds is 6. The first-order valence-electron chi connectivity index (χ1n) is 7.08. The van der Waals surface area contributed by atoms with Crippen LogP contribution < -0.4 is 0 Å². The molecule has 0 saturated heterocycles. The van der Waals surface area contributed by atoms with E-state index in [1.807, 2.05) is 19.1 Å². The van der Waals surface area contributed by atoms with Crippen LogP contribution in [0.3, 0.4) is 0 Å². The average Bonchev–Trinajstić information content (AvgIpc) is 2.46. The molecule has 0 fully saturated rings. The van der Waals surface area contributed by atoms with E-state index in [2.05, 4.69) is 0 Å². The molecule has 0 aliphatic rings. The summed E-state index contributed by atoms with van der Waals surface area (Å²) in [5.74, 6) is -1.12. The molecular weight excluding hydrogens is 303 g/mol. The van der Waals surface area contributed by atoms with E-state index in [1.165, 1.54) is 6.07 Å². The molecule has 0 aromatic heterocycles. The van der Waals surface area contributed by atoms with E-state index in [-0.39, 0.29) is 17.8 Å². The molecule has 2 atom stereocenters. The largest absolute Gasteiger partial charge is 0.478 e. The highest BCUT2D eigenvalue weighted by atomic mass is 31.2. The molecule has 0 spiro atoms. The Hall–Kier alpha value is -1.68. The van der Waals surface area contributed by atoms with Crippen LogP contribution in [0.4, 0.5) is 0 Å². The van der Waals surface area contributed by atoms with Gasteiger partial charge in [-0.15, -0.1) is 0 Å². The van der Waals surface area contributed by atoms with Crippen LogP contribution in [0.15, 0.2) is 36.4 Å². The maximum atomic E-state index is 12.3. The van der Waals surface area contributed by atoms with Gasteiger partial charge in [0.1, 0.15) is 0 Å². The van der Waals surface area contributed by atoms with Crippen molar-refractivity contribution < 1.29 is 23.9 Å². The number of fused-ring (bicyclic) bond motifs is 1. The maximum absolute atomic E-state index is 12.3. The number of carboxylic acid groups (broad SMARTS) is 1. The van der Waals surface area contributed by atoms with Crippen LogP contribution in [-0.2, 0) is 15.3 Å². The van der Waals surface area contributed by atoms with E-state index in [1.54, 1.807) is 25.1 Å². The molecule has 2 rings (SSSR count). The van der Waals surface area contributed by atoms with Gasteiger partial charge < -0.3 is 14.5 Å². The van der Waals surface area contributed by atoms with Crippen molar-refractivity contribution >= 4 is 24.3 Å². The molecule has 2 N–H and O–H groups in total. The van der Waals surface area contributed by atoms with E-state index in [4.69, 9.17) is 4.52 Å². The first-order chi connectivity index (χ1) is 10.3. The molecule has 0 saturated carbocycles. The average molecular weight is 322 g/mol. The minimum absolute atomic E-state index is 0.0285. The van der Waals surface area contributed by atoms with Crippen LogP contribution in [0.1, 0.15) is 36.2 Å². The van der Waals surface area contributed by atoms with Gasteiger partial charge in [0.05, 0.1) is 17.8 Å². The fraction of sp³-hybridized carbons (Fsp3) is 0.312. The van der Waals surface area contributed by atoms with Crippen molar-refractivity contribution in [1.82, 2.24) is 0 Å². The molecule has 2 aromatic rings. The highest BCUT2D eigenvalue weighted by molar-refractivity contribution is 7.52. The van der Waals surface area contributed by atoms with Crippen LogP contribution in [-0.4, -0.2) is 22.1 Å². The highest BCUT2D eigenvalue weighted by Crippen LogP contribution is 2.49. The summed E-state index contributed by atoms with van der Waals surface area (Å²) in [7, 11) is -3.92. The number of hydrogen-bond acceptors (Lipinski definition) is 3. The van der Waals surface area contributed by atoms with Crippen LogP contribution in [0, 0.1) is 0 Å². The molecule has 0 heterocycles. The molecule has 118 valence electrons. The third-order valence-corrected chi connectivity index (χ3v) is 4.95. The second kappa shape index (κ2) is 6.61. The maximum Gasteiger partial charge on any atom is 0.336 e. The predicted octanol–water partition coefficient (Wildman–Crippen LogP) is 4.04. The summed E-state index contributed by atoms with van der Waals surface area (Å²) >= 11 is 0. The van der Waals surface area contributed by atoms with Crippen LogP contribution in [0.5, 0.6) is 0 Å². The Bertz CT molecular complexity index is 740. The summed E-state index contributed by atoms with van der Waals surface area (Å²) < 4.78 is 17.5. The van der Waals surface area contributed by atoms with Gasteiger partial charge in [-0.3, -0.25) is 4.57 Å². The Morgan fingerprint density at radius 2 is 1.95 bits per heavy atom. The molecule has 0 aliphatic carbocycles. The van der Waals surface area contributed by atoms with Crippen molar-refractivity contribution in [2.45, 2.75) is 32.5 Å². The van der Waals surface area contributed by atoms with E-state index < -0.39 is 13.6 Å². The topological polar surface area (TPSA) is 83.8 Å². The third kappa shape index (κ3) is 3.74. The van der Waals surface area contributed by atoms with Gasteiger partial charge in [0.2, 0.25) is 0 Å². The lowest BCUT2D eigenvalue weighted by molar-refractivity contribution is 0.0696.